The summed E-state index contributed by atoms with van der Waals surface area (Å²) in [4.78, 5) is 11.4. The number of rotatable bonds is 2. The maximum absolute atomic E-state index is 11.4. The van der Waals surface area contributed by atoms with Crippen molar-refractivity contribution < 1.29 is 13.9 Å². The molecule has 1 saturated carbocycles. The van der Waals surface area contributed by atoms with Crippen LogP contribution in [0.1, 0.15) is 35.4 Å². The Kier molecular flexibility index (Phi) is 2.08. The molecule has 1 heterocycles. The van der Waals surface area contributed by atoms with E-state index in [9.17, 15) is 4.79 Å². The summed E-state index contributed by atoms with van der Waals surface area (Å²) in [5.74, 6) is 0.0131. The highest BCUT2D eigenvalue weighted by atomic mass is 16.6. The van der Waals surface area contributed by atoms with Crippen LogP contribution in [0.5, 0.6) is 0 Å². The monoisotopic (exact) mass is 180 g/mol. The molecular formula is C10H12O3. The lowest BCUT2D eigenvalue weighted by Crippen LogP contribution is -2.25. The number of furan rings is 1. The lowest BCUT2D eigenvalue weighted by molar-refractivity contribution is 0.00569. The van der Waals surface area contributed by atoms with E-state index in [0.29, 0.717) is 5.76 Å². The maximum atomic E-state index is 11.4. The van der Waals surface area contributed by atoms with Gasteiger partial charge in [-0.2, -0.15) is 0 Å². The second-order valence-corrected chi connectivity index (χ2v) is 3.39. The van der Waals surface area contributed by atoms with Gasteiger partial charge in [0.2, 0.25) is 5.76 Å². The van der Waals surface area contributed by atoms with E-state index in [1.54, 1.807) is 6.07 Å². The normalized spacial score (nSPS) is 16.7. The zero-order chi connectivity index (χ0) is 9.26. The Morgan fingerprint density at radius 2 is 2.38 bits per heavy atom. The predicted octanol–water partition coefficient (Wildman–Crippen LogP) is 2.30. The third kappa shape index (κ3) is 1.59. The molecule has 70 valence electrons. The number of carbonyl (C=O) groups excluding carboxylic acids is 1. The van der Waals surface area contributed by atoms with Crippen LogP contribution in [0, 0.1) is 6.92 Å². The lowest BCUT2D eigenvalue weighted by atomic mass is 9.96. The van der Waals surface area contributed by atoms with E-state index in [-0.39, 0.29) is 12.1 Å². The first-order valence-electron chi connectivity index (χ1n) is 4.52. The molecule has 1 fully saturated rings. The van der Waals surface area contributed by atoms with Crippen molar-refractivity contribution in [1.82, 2.24) is 0 Å². The van der Waals surface area contributed by atoms with Gasteiger partial charge in [0.05, 0.1) is 6.26 Å². The summed E-state index contributed by atoms with van der Waals surface area (Å²) < 4.78 is 10.2. The van der Waals surface area contributed by atoms with Crippen molar-refractivity contribution in [3.63, 3.8) is 0 Å². The van der Waals surface area contributed by atoms with Gasteiger partial charge in [0, 0.05) is 5.56 Å². The van der Waals surface area contributed by atoms with Crippen LogP contribution in [-0.2, 0) is 4.74 Å². The average Bonchev–Trinajstić information content (AvgIpc) is 2.43. The van der Waals surface area contributed by atoms with Crippen molar-refractivity contribution in [2.45, 2.75) is 32.3 Å². The molecule has 0 aliphatic heterocycles. The van der Waals surface area contributed by atoms with E-state index >= 15 is 0 Å². The smallest absolute Gasteiger partial charge is 0.374 e. The van der Waals surface area contributed by atoms with Gasteiger partial charge in [-0.3, -0.25) is 0 Å². The summed E-state index contributed by atoms with van der Waals surface area (Å²) in [6, 6.07) is 1.76. The molecule has 1 aromatic rings. The van der Waals surface area contributed by atoms with Crippen LogP contribution < -0.4 is 0 Å². The van der Waals surface area contributed by atoms with E-state index in [1.807, 2.05) is 6.92 Å². The molecule has 0 saturated heterocycles. The molecule has 1 aliphatic carbocycles. The zero-order valence-corrected chi connectivity index (χ0v) is 7.58. The summed E-state index contributed by atoms with van der Waals surface area (Å²) in [6.45, 7) is 1.83. The van der Waals surface area contributed by atoms with Crippen LogP contribution in [0.3, 0.4) is 0 Å². The van der Waals surface area contributed by atoms with Gasteiger partial charge in [0.25, 0.3) is 0 Å². The molecule has 1 aliphatic rings. The fraction of sp³-hybridized carbons (Fsp3) is 0.500. The predicted molar refractivity (Wildman–Crippen MR) is 46.5 cm³/mol. The van der Waals surface area contributed by atoms with Gasteiger partial charge in [-0.15, -0.1) is 0 Å². The molecular weight excluding hydrogens is 168 g/mol. The molecule has 0 bridgehead atoms. The molecule has 0 radical (unpaired) electrons. The van der Waals surface area contributed by atoms with Crippen LogP contribution >= 0.6 is 0 Å². The zero-order valence-electron chi connectivity index (χ0n) is 7.58. The molecule has 0 atom stereocenters. The van der Waals surface area contributed by atoms with Crippen molar-refractivity contribution in [1.29, 1.82) is 0 Å². The van der Waals surface area contributed by atoms with E-state index in [2.05, 4.69) is 0 Å². The molecule has 3 heteroatoms. The van der Waals surface area contributed by atoms with E-state index in [0.717, 1.165) is 24.8 Å². The Labute approximate surface area is 76.7 Å². The molecule has 0 spiro atoms. The van der Waals surface area contributed by atoms with Crippen LogP contribution in [0.4, 0.5) is 0 Å². The maximum Gasteiger partial charge on any atom is 0.374 e. The second-order valence-electron chi connectivity index (χ2n) is 3.39. The average molecular weight is 180 g/mol. The first-order valence-corrected chi connectivity index (χ1v) is 4.52. The van der Waals surface area contributed by atoms with E-state index < -0.39 is 0 Å². The number of hydrogen-bond donors (Lipinski definition) is 0. The summed E-state index contributed by atoms with van der Waals surface area (Å²) in [5, 5.41) is 0. The van der Waals surface area contributed by atoms with Crippen LogP contribution in [0.15, 0.2) is 16.7 Å². The van der Waals surface area contributed by atoms with Crippen LogP contribution in [0.2, 0.25) is 0 Å². The SMILES string of the molecule is Cc1ccoc1C(=O)OC1CCC1. The van der Waals surface area contributed by atoms with Crippen molar-refractivity contribution in [3.8, 4) is 0 Å². The largest absolute Gasteiger partial charge is 0.457 e. The Morgan fingerprint density at radius 3 is 2.85 bits per heavy atom. The van der Waals surface area contributed by atoms with Crippen molar-refractivity contribution in [3.05, 3.63) is 23.7 Å². The van der Waals surface area contributed by atoms with Gasteiger partial charge in [-0.05, 0) is 32.3 Å². The van der Waals surface area contributed by atoms with Crippen LogP contribution in [0.25, 0.3) is 0 Å². The highest BCUT2D eigenvalue weighted by molar-refractivity contribution is 5.87. The van der Waals surface area contributed by atoms with Gasteiger partial charge in [0.1, 0.15) is 6.10 Å². The highest BCUT2D eigenvalue weighted by Crippen LogP contribution is 2.23. The first kappa shape index (κ1) is 8.35. The molecule has 0 N–H and O–H groups in total. The number of carbonyl (C=O) groups is 1. The number of ether oxygens (including phenoxy) is 1. The topological polar surface area (TPSA) is 39.4 Å². The number of esters is 1. The number of hydrogen-bond acceptors (Lipinski definition) is 3. The van der Waals surface area contributed by atoms with Gasteiger partial charge >= 0.3 is 5.97 Å². The Morgan fingerprint density at radius 1 is 1.62 bits per heavy atom. The molecule has 13 heavy (non-hydrogen) atoms. The lowest BCUT2D eigenvalue weighted by Gasteiger charge is -2.24. The molecule has 0 aromatic carbocycles. The standard InChI is InChI=1S/C10H12O3/c1-7-5-6-12-9(7)10(11)13-8-3-2-4-8/h5-6,8H,2-4H2,1H3. The minimum atomic E-state index is -0.327. The molecule has 0 unspecified atom stereocenters. The van der Waals surface area contributed by atoms with E-state index in [1.165, 1.54) is 6.26 Å². The summed E-state index contributed by atoms with van der Waals surface area (Å²) in [6.07, 6.45) is 4.77. The third-order valence-electron chi connectivity index (χ3n) is 2.37. The van der Waals surface area contributed by atoms with Gasteiger partial charge in [-0.1, -0.05) is 0 Å². The first-order chi connectivity index (χ1) is 6.27. The molecule has 1 aromatic heterocycles. The quantitative estimate of drug-likeness (QED) is 0.655. The fourth-order valence-corrected chi connectivity index (χ4v) is 1.28. The Balaban J connectivity index is 2.00. The highest BCUT2D eigenvalue weighted by Gasteiger charge is 2.24. The van der Waals surface area contributed by atoms with Gasteiger partial charge < -0.3 is 9.15 Å². The summed E-state index contributed by atoms with van der Waals surface area (Å²) in [5.41, 5.74) is 0.837. The number of aryl methyl sites for hydroxylation is 1. The second kappa shape index (κ2) is 3.24. The summed E-state index contributed by atoms with van der Waals surface area (Å²) in [7, 11) is 0. The molecule has 3 nitrogen and oxygen atoms in total. The summed E-state index contributed by atoms with van der Waals surface area (Å²) >= 11 is 0. The Bertz CT molecular complexity index is 310. The molecule has 2 rings (SSSR count). The van der Waals surface area contributed by atoms with E-state index in [4.69, 9.17) is 9.15 Å². The third-order valence-corrected chi connectivity index (χ3v) is 2.37. The molecule has 0 amide bonds. The Hall–Kier alpha value is -1.25. The van der Waals surface area contributed by atoms with Crippen molar-refractivity contribution in [2.24, 2.45) is 0 Å². The van der Waals surface area contributed by atoms with Crippen molar-refractivity contribution >= 4 is 5.97 Å². The van der Waals surface area contributed by atoms with Crippen molar-refractivity contribution in [2.75, 3.05) is 0 Å². The van der Waals surface area contributed by atoms with Gasteiger partial charge in [-0.25, -0.2) is 4.79 Å². The fourth-order valence-electron chi connectivity index (χ4n) is 1.28. The minimum Gasteiger partial charge on any atom is -0.457 e. The van der Waals surface area contributed by atoms with Crippen LogP contribution in [-0.4, -0.2) is 12.1 Å². The minimum absolute atomic E-state index is 0.122. The van der Waals surface area contributed by atoms with Gasteiger partial charge in [0.15, 0.2) is 0 Å².